The van der Waals surface area contributed by atoms with Crippen LogP contribution in [0.25, 0.3) is 0 Å². The number of nitrogens with two attached hydrogens (primary N) is 1. The molecule has 0 aromatic carbocycles. The van der Waals surface area contributed by atoms with Crippen molar-refractivity contribution in [3.8, 4) is 12.3 Å². The van der Waals surface area contributed by atoms with Gasteiger partial charge in [-0.25, -0.2) is 0 Å². The van der Waals surface area contributed by atoms with E-state index in [1.165, 1.54) is 25.7 Å². The first kappa shape index (κ1) is 14.5. The lowest BCUT2D eigenvalue weighted by Gasteiger charge is -2.50. The highest BCUT2D eigenvalue weighted by atomic mass is 15.3. The molecule has 1 saturated carbocycles. The maximum absolute atomic E-state index is 5.77. The van der Waals surface area contributed by atoms with Gasteiger partial charge in [-0.05, 0) is 39.3 Å². The fraction of sp³-hybridized carbons (Fsp3) is 0.857. The summed E-state index contributed by atoms with van der Waals surface area (Å²) in [6.45, 7) is 2.34. The molecule has 0 radical (unpaired) electrons. The third-order valence-electron chi connectivity index (χ3n) is 4.33. The highest BCUT2D eigenvalue weighted by Gasteiger charge is 2.42. The largest absolute Gasteiger partial charge is 0.302 e. The monoisotopic (exact) mass is 237 g/mol. The van der Waals surface area contributed by atoms with E-state index < -0.39 is 0 Å². The lowest BCUT2D eigenvalue weighted by molar-refractivity contribution is 0.0348. The summed E-state index contributed by atoms with van der Waals surface area (Å²) in [4.78, 5) is 2.35. The summed E-state index contributed by atoms with van der Waals surface area (Å²) in [5, 5.41) is 0. The molecule has 1 aliphatic carbocycles. The van der Waals surface area contributed by atoms with Crippen molar-refractivity contribution >= 4 is 0 Å². The Hall–Kier alpha value is -0.560. The molecule has 1 aliphatic rings. The van der Waals surface area contributed by atoms with E-state index in [1.807, 2.05) is 0 Å². The molecule has 0 spiro atoms. The second-order valence-electron chi connectivity index (χ2n) is 5.66. The van der Waals surface area contributed by atoms with E-state index >= 15 is 0 Å². The smallest absolute Gasteiger partial charge is 0.0403 e. The molecule has 3 heteroatoms. The second kappa shape index (κ2) is 6.39. The fourth-order valence-corrected chi connectivity index (χ4v) is 3.33. The van der Waals surface area contributed by atoms with Gasteiger partial charge in [-0.15, -0.1) is 12.3 Å². The van der Waals surface area contributed by atoms with E-state index in [9.17, 15) is 0 Å². The van der Waals surface area contributed by atoms with Gasteiger partial charge in [0.25, 0.3) is 0 Å². The normalized spacial score (nSPS) is 31.2. The van der Waals surface area contributed by atoms with Gasteiger partial charge < -0.3 is 4.90 Å². The number of nitrogens with one attached hydrogen (secondary N) is 1. The Kier molecular flexibility index (Phi) is 5.45. The van der Waals surface area contributed by atoms with Gasteiger partial charge in [0.2, 0.25) is 0 Å². The highest BCUT2D eigenvalue weighted by molar-refractivity contribution is 5.02. The summed E-state index contributed by atoms with van der Waals surface area (Å²) in [6, 6.07) is 0.288. The Morgan fingerprint density at radius 2 is 2.29 bits per heavy atom. The third-order valence-corrected chi connectivity index (χ3v) is 4.33. The summed E-state index contributed by atoms with van der Waals surface area (Å²) in [5.74, 6) is 9.26. The van der Waals surface area contributed by atoms with E-state index in [-0.39, 0.29) is 11.6 Å². The molecule has 0 aromatic rings. The lowest BCUT2D eigenvalue weighted by atomic mass is 9.70. The number of terminal acetylenes is 1. The average Bonchev–Trinajstić information content (AvgIpc) is 2.29. The van der Waals surface area contributed by atoms with Crippen molar-refractivity contribution in [3.63, 3.8) is 0 Å². The fourth-order valence-electron chi connectivity index (χ4n) is 3.33. The maximum atomic E-state index is 5.77. The summed E-state index contributed by atoms with van der Waals surface area (Å²) in [5.41, 5.74) is 3.18. The predicted octanol–water partition coefficient (Wildman–Crippen LogP) is 1.74. The number of nitrogens with zero attached hydrogens (tertiary/aromatic N) is 1. The number of rotatable bonds is 5. The third kappa shape index (κ3) is 3.22. The molecule has 0 amide bonds. The highest BCUT2D eigenvalue weighted by Crippen LogP contribution is 2.39. The van der Waals surface area contributed by atoms with Crippen LogP contribution in [0, 0.1) is 18.3 Å². The molecule has 3 nitrogen and oxygen atoms in total. The van der Waals surface area contributed by atoms with Gasteiger partial charge in [0, 0.05) is 18.0 Å². The zero-order valence-corrected chi connectivity index (χ0v) is 11.5. The van der Waals surface area contributed by atoms with Crippen LogP contribution in [0.4, 0.5) is 0 Å². The summed E-state index contributed by atoms with van der Waals surface area (Å²) in [6.07, 6.45) is 12.2. The summed E-state index contributed by atoms with van der Waals surface area (Å²) in [7, 11) is 4.33. The summed E-state index contributed by atoms with van der Waals surface area (Å²) >= 11 is 0. The molecule has 1 fully saturated rings. The molecule has 3 N–H and O–H groups in total. The molecule has 0 aromatic heterocycles. The Balaban J connectivity index is 2.84. The van der Waals surface area contributed by atoms with Gasteiger partial charge in [0.05, 0.1) is 0 Å². The van der Waals surface area contributed by atoms with Crippen molar-refractivity contribution in [2.24, 2.45) is 11.8 Å². The molecule has 0 heterocycles. The van der Waals surface area contributed by atoms with Crippen molar-refractivity contribution in [2.75, 3.05) is 14.1 Å². The Bertz CT molecular complexity index is 269. The minimum Gasteiger partial charge on any atom is -0.302 e. The minimum atomic E-state index is 0.170. The first-order chi connectivity index (χ1) is 8.06. The van der Waals surface area contributed by atoms with Crippen LogP contribution in [-0.2, 0) is 0 Å². The van der Waals surface area contributed by atoms with Gasteiger partial charge in [-0.2, -0.15) is 0 Å². The van der Waals surface area contributed by atoms with Crippen LogP contribution in [0.3, 0.4) is 0 Å². The standard InChI is InChI=1S/C14H27N3/c1-5-6-9-13(16-15)14(17(3)4)10-7-8-12(2)11-14/h1,12-13,16H,6-11,15H2,2-4H3. The Morgan fingerprint density at radius 3 is 2.76 bits per heavy atom. The molecular formula is C14H27N3. The van der Waals surface area contributed by atoms with Crippen LogP contribution in [0.1, 0.15) is 45.4 Å². The first-order valence-electron chi connectivity index (χ1n) is 6.64. The van der Waals surface area contributed by atoms with Gasteiger partial charge >= 0.3 is 0 Å². The number of hydrogen-bond acceptors (Lipinski definition) is 3. The van der Waals surface area contributed by atoms with Crippen molar-refractivity contribution in [1.82, 2.24) is 10.3 Å². The van der Waals surface area contributed by atoms with E-state index in [0.717, 1.165) is 18.8 Å². The molecule has 0 aliphatic heterocycles. The first-order valence-corrected chi connectivity index (χ1v) is 6.64. The molecule has 0 bridgehead atoms. The van der Waals surface area contributed by atoms with Crippen molar-refractivity contribution in [1.29, 1.82) is 0 Å². The van der Waals surface area contributed by atoms with E-state index in [2.05, 4.69) is 37.3 Å². The molecule has 3 atom stereocenters. The van der Waals surface area contributed by atoms with Crippen LogP contribution < -0.4 is 11.3 Å². The zero-order valence-electron chi connectivity index (χ0n) is 11.5. The predicted molar refractivity (Wildman–Crippen MR) is 73.2 cm³/mol. The number of hydrazine groups is 1. The van der Waals surface area contributed by atoms with Crippen molar-refractivity contribution < 1.29 is 0 Å². The van der Waals surface area contributed by atoms with E-state index in [1.54, 1.807) is 0 Å². The Morgan fingerprint density at radius 1 is 1.59 bits per heavy atom. The van der Waals surface area contributed by atoms with Gasteiger partial charge in [-0.1, -0.05) is 19.8 Å². The van der Waals surface area contributed by atoms with Crippen LogP contribution in [-0.4, -0.2) is 30.6 Å². The zero-order chi connectivity index (χ0) is 12.9. The van der Waals surface area contributed by atoms with Gasteiger partial charge in [0.1, 0.15) is 0 Å². The lowest BCUT2D eigenvalue weighted by Crippen LogP contribution is -2.62. The van der Waals surface area contributed by atoms with Crippen LogP contribution in [0.15, 0.2) is 0 Å². The molecule has 17 heavy (non-hydrogen) atoms. The summed E-state index contributed by atoms with van der Waals surface area (Å²) < 4.78 is 0. The molecular weight excluding hydrogens is 210 g/mol. The van der Waals surface area contributed by atoms with Crippen molar-refractivity contribution in [2.45, 2.75) is 57.0 Å². The molecule has 98 valence electrons. The van der Waals surface area contributed by atoms with E-state index in [4.69, 9.17) is 12.3 Å². The SMILES string of the molecule is C#CCCC(NN)C1(N(C)C)CCCC(C)C1. The van der Waals surface area contributed by atoms with E-state index in [0.29, 0.717) is 0 Å². The number of hydrogen-bond donors (Lipinski definition) is 2. The van der Waals surface area contributed by atoms with Crippen LogP contribution >= 0.6 is 0 Å². The molecule has 3 unspecified atom stereocenters. The maximum Gasteiger partial charge on any atom is 0.0403 e. The topological polar surface area (TPSA) is 41.3 Å². The minimum absolute atomic E-state index is 0.170. The molecule has 1 rings (SSSR count). The second-order valence-corrected chi connectivity index (χ2v) is 5.66. The van der Waals surface area contributed by atoms with Crippen LogP contribution in [0.5, 0.6) is 0 Å². The van der Waals surface area contributed by atoms with Crippen LogP contribution in [0.2, 0.25) is 0 Å². The van der Waals surface area contributed by atoms with Gasteiger partial charge in [0.15, 0.2) is 0 Å². The number of likely N-dealkylation sites (N-methyl/N-ethyl adjacent to an activating group) is 1. The molecule has 0 saturated heterocycles. The quantitative estimate of drug-likeness (QED) is 0.435. The van der Waals surface area contributed by atoms with Crippen molar-refractivity contribution in [3.05, 3.63) is 0 Å². The van der Waals surface area contributed by atoms with Gasteiger partial charge in [-0.3, -0.25) is 11.3 Å². The Labute approximate surface area is 106 Å². The average molecular weight is 237 g/mol.